The second kappa shape index (κ2) is 6.69. The van der Waals surface area contributed by atoms with E-state index in [1.54, 1.807) is 6.20 Å². The number of nitrogens with zero attached hydrogens (tertiary/aromatic N) is 5. The van der Waals surface area contributed by atoms with Crippen molar-refractivity contribution in [2.45, 2.75) is 44.6 Å². The summed E-state index contributed by atoms with van der Waals surface area (Å²) in [5.74, 6) is 1.46. The van der Waals surface area contributed by atoms with Crippen LogP contribution in [0.1, 0.15) is 44.7 Å². The molecule has 132 valence electrons. The first kappa shape index (κ1) is 17.2. The van der Waals surface area contributed by atoms with Crippen LogP contribution in [0.2, 0.25) is 0 Å². The fourth-order valence-corrected chi connectivity index (χ4v) is 3.59. The summed E-state index contributed by atoms with van der Waals surface area (Å²) in [5, 5.41) is 15.4. The van der Waals surface area contributed by atoms with Crippen LogP contribution >= 0.6 is 0 Å². The van der Waals surface area contributed by atoms with Gasteiger partial charge in [-0.3, -0.25) is 0 Å². The molecule has 0 saturated carbocycles. The van der Waals surface area contributed by atoms with E-state index < -0.39 is 5.60 Å². The van der Waals surface area contributed by atoms with Crippen LogP contribution in [-0.4, -0.2) is 63.9 Å². The first-order valence-electron chi connectivity index (χ1n) is 8.85. The molecular formula is C18H29N5O. The molecule has 6 nitrogen and oxygen atoms in total. The maximum atomic E-state index is 10.9. The molecule has 0 unspecified atom stereocenters. The highest BCUT2D eigenvalue weighted by molar-refractivity contribution is 5.51. The summed E-state index contributed by atoms with van der Waals surface area (Å²) in [6, 6.07) is 4.11. The van der Waals surface area contributed by atoms with Crippen LogP contribution in [0.5, 0.6) is 0 Å². The molecule has 1 aliphatic heterocycles. The molecule has 1 fully saturated rings. The van der Waals surface area contributed by atoms with Crippen LogP contribution in [0, 0.1) is 0 Å². The Bertz CT molecular complexity index is 696. The molecule has 0 bridgehead atoms. The Morgan fingerprint density at radius 3 is 2.79 bits per heavy atom. The van der Waals surface area contributed by atoms with Crippen LogP contribution in [0.4, 0.5) is 5.82 Å². The van der Waals surface area contributed by atoms with E-state index in [-0.39, 0.29) is 0 Å². The number of fused-ring (bicyclic) bond motifs is 1. The summed E-state index contributed by atoms with van der Waals surface area (Å²) >= 11 is 0. The molecule has 24 heavy (non-hydrogen) atoms. The summed E-state index contributed by atoms with van der Waals surface area (Å²) in [4.78, 5) is 9.12. The lowest BCUT2D eigenvalue weighted by Gasteiger charge is -2.30. The summed E-state index contributed by atoms with van der Waals surface area (Å²) in [7, 11) is 4.04. The number of aliphatic hydroxyl groups is 1. The molecule has 2 aromatic heterocycles. The topological polar surface area (TPSA) is 56.9 Å². The van der Waals surface area contributed by atoms with Crippen molar-refractivity contribution in [2.75, 3.05) is 38.6 Å². The SMILES string of the molecule is CC(C)c1cc(N2CCC[C@](O)(CN(C)C)CC2)n2nccc2n1. The van der Waals surface area contributed by atoms with E-state index in [0.717, 1.165) is 49.5 Å². The summed E-state index contributed by atoms with van der Waals surface area (Å²) in [5.41, 5.74) is 1.38. The zero-order valence-corrected chi connectivity index (χ0v) is 15.2. The highest BCUT2D eigenvalue weighted by Crippen LogP contribution is 2.28. The lowest BCUT2D eigenvalue weighted by Crippen LogP contribution is -2.41. The Hall–Kier alpha value is -1.66. The van der Waals surface area contributed by atoms with E-state index >= 15 is 0 Å². The molecule has 0 aromatic carbocycles. The molecule has 0 amide bonds. The number of aromatic nitrogens is 3. The third-order valence-corrected chi connectivity index (χ3v) is 4.80. The third-order valence-electron chi connectivity index (χ3n) is 4.80. The fraction of sp³-hybridized carbons (Fsp3) is 0.667. The Balaban J connectivity index is 1.89. The van der Waals surface area contributed by atoms with E-state index in [1.165, 1.54) is 0 Å². The van der Waals surface area contributed by atoms with Crippen molar-refractivity contribution in [3.63, 3.8) is 0 Å². The van der Waals surface area contributed by atoms with Gasteiger partial charge in [-0.1, -0.05) is 13.8 Å². The molecule has 1 saturated heterocycles. The lowest BCUT2D eigenvalue weighted by molar-refractivity contribution is 0.00537. The minimum absolute atomic E-state index is 0.376. The third kappa shape index (κ3) is 3.54. The second-order valence-corrected chi connectivity index (χ2v) is 7.60. The predicted molar refractivity (Wildman–Crippen MR) is 96.6 cm³/mol. The van der Waals surface area contributed by atoms with Gasteiger partial charge in [-0.25, -0.2) is 4.98 Å². The van der Waals surface area contributed by atoms with Crippen molar-refractivity contribution in [2.24, 2.45) is 0 Å². The van der Waals surface area contributed by atoms with E-state index in [4.69, 9.17) is 4.98 Å². The quantitative estimate of drug-likeness (QED) is 0.930. The van der Waals surface area contributed by atoms with Crippen molar-refractivity contribution in [1.29, 1.82) is 0 Å². The number of rotatable bonds is 4. The van der Waals surface area contributed by atoms with Crippen molar-refractivity contribution in [3.8, 4) is 0 Å². The number of anilines is 1. The minimum atomic E-state index is -0.602. The fourth-order valence-electron chi connectivity index (χ4n) is 3.59. The molecule has 2 aromatic rings. The number of hydrogen-bond donors (Lipinski definition) is 1. The predicted octanol–water partition coefficient (Wildman–Crippen LogP) is 2.14. The van der Waals surface area contributed by atoms with Crippen LogP contribution in [-0.2, 0) is 0 Å². The van der Waals surface area contributed by atoms with Crippen molar-refractivity contribution in [3.05, 3.63) is 24.0 Å². The van der Waals surface area contributed by atoms with Crippen LogP contribution < -0.4 is 4.90 Å². The van der Waals surface area contributed by atoms with Gasteiger partial charge in [-0.15, -0.1) is 0 Å². The van der Waals surface area contributed by atoms with Crippen LogP contribution in [0.25, 0.3) is 5.65 Å². The van der Waals surface area contributed by atoms with Crippen molar-refractivity contribution < 1.29 is 5.11 Å². The van der Waals surface area contributed by atoms with E-state index in [2.05, 4.69) is 34.8 Å². The number of likely N-dealkylation sites (N-methyl/N-ethyl adjacent to an activating group) is 1. The van der Waals surface area contributed by atoms with E-state index in [1.807, 2.05) is 24.7 Å². The highest BCUT2D eigenvalue weighted by atomic mass is 16.3. The van der Waals surface area contributed by atoms with Gasteiger partial charge in [0.25, 0.3) is 0 Å². The zero-order chi connectivity index (χ0) is 17.3. The monoisotopic (exact) mass is 331 g/mol. The summed E-state index contributed by atoms with van der Waals surface area (Å²) in [6.07, 6.45) is 4.39. The van der Waals surface area contributed by atoms with Gasteiger partial charge in [0.15, 0.2) is 5.65 Å². The zero-order valence-electron chi connectivity index (χ0n) is 15.2. The molecule has 6 heteroatoms. The van der Waals surface area contributed by atoms with Gasteiger partial charge < -0.3 is 14.9 Å². The maximum absolute atomic E-state index is 10.9. The van der Waals surface area contributed by atoms with Gasteiger partial charge in [-0.05, 0) is 39.3 Å². The van der Waals surface area contributed by atoms with Gasteiger partial charge in [0.2, 0.25) is 0 Å². The molecular weight excluding hydrogens is 302 g/mol. The molecule has 0 aliphatic carbocycles. The molecule has 0 spiro atoms. The average molecular weight is 331 g/mol. The van der Waals surface area contributed by atoms with E-state index in [0.29, 0.717) is 12.5 Å². The largest absolute Gasteiger partial charge is 0.388 e. The summed E-state index contributed by atoms with van der Waals surface area (Å²) in [6.45, 7) is 6.81. The minimum Gasteiger partial charge on any atom is -0.388 e. The van der Waals surface area contributed by atoms with Crippen molar-refractivity contribution >= 4 is 11.5 Å². The smallest absolute Gasteiger partial charge is 0.157 e. The first-order chi connectivity index (χ1) is 11.4. The molecule has 3 rings (SSSR count). The molecule has 0 radical (unpaired) electrons. The molecule has 1 aliphatic rings. The standard InChI is InChI=1S/C18H29N5O/c1-14(2)15-12-17(23-16(20-15)6-9-19-23)22-10-5-7-18(24,8-11-22)13-21(3)4/h6,9,12,14,24H,5,7-8,10-11,13H2,1-4H3/t18-/m1/s1. The Labute approximate surface area is 144 Å². The molecule has 3 heterocycles. The molecule has 1 N–H and O–H groups in total. The van der Waals surface area contributed by atoms with E-state index in [9.17, 15) is 5.11 Å². The average Bonchev–Trinajstić information content (AvgIpc) is 2.89. The first-order valence-corrected chi connectivity index (χ1v) is 8.85. The number of hydrogen-bond acceptors (Lipinski definition) is 5. The second-order valence-electron chi connectivity index (χ2n) is 7.60. The Morgan fingerprint density at radius 2 is 2.08 bits per heavy atom. The van der Waals surface area contributed by atoms with Gasteiger partial charge in [0.1, 0.15) is 5.82 Å². The highest BCUT2D eigenvalue weighted by Gasteiger charge is 2.31. The van der Waals surface area contributed by atoms with Crippen LogP contribution in [0.15, 0.2) is 18.3 Å². The van der Waals surface area contributed by atoms with Gasteiger partial charge in [0.05, 0.1) is 11.8 Å². The Kier molecular flexibility index (Phi) is 4.78. The summed E-state index contributed by atoms with van der Waals surface area (Å²) < 4.78 is 1.92. The molecule has 1 atom stereocenters. The van der Waals surface area contributed by atoms with Gasteiger partial charge in [-0.2, -0.15) is 9.61 Å². The maximum Gasteiger partial charge on any atom is 0.157 e. The van der Waals surface area contributed by atoms with Crippen LogP contribution in [0.3, 0.4) is 0 Å². The van der Waals surface area contributed by atoms with Crippen molar-refractivity contribution in [1.82, 2.24) is 19.5 Å². The normalized spacial score (nSPS) is 22.5. The Morgan fingerprint density at radius 1 is 1.29 bits per heavy atom. The van der Waals surface area contributed by atoms with Gasteiger partial charge >= 0.3 is 0 Å². The lowest BCUT2D eigenvalue weighted by atomic mass is 9.94. The van der Waals surface area contributed by atoms with Gasteiger partial charge in [0, 0.05) is 37.5 Å².